The van der Waals surface area contributed by atoms with Crippen molar-refractivity contribution in [1.29, 1.82) is 0 Å². The molecule has 0 radical (unpaired) electrons. The zero-order valence-electron chi connectivity index (χ0n) is 81.5. The van der Waals surface area contributed by atoms with Crippen LogP contribution in [0.2, 0.25) is 10.0 Å². The molecule has 4 amide bonds. The number of nitrogen functional groups attached to an aromatic ring is 2. The summed E-state index contributed by atoms with van der Waals surface area (Å²) in [7, 11) is 3.45. The number of aliphatic imine (C=N–C) groups is 1. The molecule has 0 spiro atoms. The van der Waals surface area contributed by atoms with Crippen LogP contribution in [0, 0.1) is 33.2 Å². The summed E-state index contributed by atoms with van der Waals surface area (Å²) in [5.74, 6) is 0.0807. The van der Waals surface area contributed by atoms with Crippen LogP contribution in [0.4, 0.5) is 68.8 Å². The minimum absolute atomic E-state index is 0. The number of piperidine rings is 1. The molecular weight excluding hydrogens is 2070 g/mol. The van der Waals surface area contributed by atoms with Gasteiger partial charge in [-0.25, -0.2) is 34.4 Å². The van der Waals surface area contributed by atoms with Crippen LogP contribution in [-0.4, -0.2) is 231 Å². The number of Topliss-reactive ketones (excluding diaryl/α,β-unsaturated/α-hetero) is 4. The number of aliphatic carboxylic acids is 1. The van der Waals surface area contributed by atoms with E-state index in [1.54, 1.807) is 63.0 Å². The maximum Gasteiger partial charge on any atom is 1.00 e. The number of methoxy groups -OCH3 is 1. The molecule has 6 atom stereocenters. The van der Waals surface area contributed by atoms with Gasteiger partial charge in [0.2, 0.25) is 29.1 Å². The zero-order valence-corrected chi connectivity index (χ0v) is 89.0. The number of primary amides is 1. The van der Waals surface area contributed by atoms with Gasteiger partial charge in [0.1, 0.15) is 50.3 Å². The number of carbonyl (C=O) groups is 10. The number of urea groups is 1. The van der Waals surface area contributed by atoms with Crippen molar-refractivity contribution >= 4 is 210 Å². The topological polar surface area (TPSA) is 592 Å². The van der Waals surface area contributed by atoms with Crippen molar-refractivity contribution in [2.45, 2.75) is 127 Å². The van der Waals surface area contributed by atoms with Gasteiger partial charge in [-0.2, -0.15) is 41.6 Å². The second-order valence-corrected chi connectivity index (χ2v) is 38.8. The Morgan fingerprint density at radius 2 is 1.48 bits per heavy atom. The first-order chi connectivity index (χ1) is 68.7. The van der Waals surface area contributed by atoms with Gasteiger partial charge in [-0.1, -0.05) is 78.4 Å². The van der Waals surface area contributed by atoms with E-state index in [-0.39, 0.29) is 175 Å². The van der Waals surface area contributed by atoms with Crippen LogP contribution in [-0.2, 0) is 67.2 Å². The van der Waals surface area contributed by atoms with E-state index in [1.807, 2.05) is 71.6 Å². The quantitative estimate of drug-likeness (QED) is 0.00159. The predicted molar refractivity (Wildman–Crippen MR) is 556 cm³/mol. The molecule has 780 valence electrons. The fourth-order valence-corrected chi connectivity index (χ4v) is 18.9. The molecule has 18 N–H and O–H groups in total. The Labute approximate surface area is 898 Å². The van der Waals surface area contributed by atoms with Crippen molar-refractivity contribution in [1.82, 2.24) is 45.4 Å². The van der Waals surface area contributed by atoms with E-state index in [0.29, 0.717) is 122 Å². The third-order valence-corrected chi connectivity index (χ3v) is 26.8. The molecule has 16 rings (SSSR count). The number of nitroso groups, excluding NO2 is 1. The summed E-state index contributed by atoms with van der Waals surface area (Å²) in [5.41, 5.74) is 25.7. The Morgan fingerprint density at radius 3 is 2.03 bits per heavy atom. The number of allylic oxidation sites excluding steroid dienone is 2. The molecule has 1 saturated carbocycles. The average molecular weight is 2180 g/mol. The minimum Gasteiger partial charge on any atom is -0.870 e. The maximum atomic E-state index is 13.4. The monoisotopic (exact) mass is 2170 g/mol. The molecular formula is C98H111Cl4F3N19NaO19S3. The number of H-pyrrole nitrogens is 1. The van der Waals surface area contributed by atoms with Crippen LogP contribution < -0.4 is 83.6 Å². The van der Waals surface area contributed by atoms with Crippen LogP contribution >= 0.6 is 71.3 Å². The molecule has 0 bridgehead atoms. The molecule has 7 heterocycles. The van der Waals surface area contributed by atoms with Crippen LogP contribution in [0.1, 0.15) is 162 Å². The van der Waals surface area contributed by atoms with Crippen LogP contribution in [0.5, 0.6) is 11.5 Å². The Hall–Kier alpha value is -12.2. The normalized spacial score (nSPS) is 16.9. The largest absolute Gasteiger partial charge is 1.00 e. The summed E-state index contributed by atoms with van der Waals surface area (Å²) in [5, 5.41) is 52.3. The van der Waals surface area contributed by atoms with Gasteiger partial charge >= 0.3 is 53.8 Å². The number of hydrogen-bond acceptors (Lipinski definition) is 35. The first kappa shape index (κ1) is 120. The number of phenolic OH excluding ortho intramolecular Hbond substituents is 2. The number of fused-ring (bicyclic) bond motifs is 8. The van der Waals surface area contributed by atoms with Gasteiger partial charge < -0.3 is 103 Å². The predicted octanol–water partition coefficient (Wildman–Crippen LogP) is 11.4. The number of alkyl halides is 5. The number of unbranched alkanes of at least 4 members (excludes halogenated alkanes) is 2. The smallest absolute Gasteiger partial charge is 0.870 e. The van der Waals surface area contributed by atoms with Gasteiger partial charge in [0.25, 0.3) is 11.6 Å². The molecule has 4 aliphatic heterocycles. The number of nitrogens with zero attached hydrogens (tertiary/aromatic N) is 10. The number of anilines is 6. The molecule has 9 aromatic rings. The molecule has 38 nitrogen and oxygen atoms in total. The summed E-state index contributed by atoms with van der Waals surface area (Å²) in [6.45, 7) is 11.7. The number of carbonyl (C=O) groups excluding carboxylic acids is 9. The van der Waals surface area contributed by atoms with Crippen LogP contribution in [0.25, 0.3) is 11.2 Å². The van der Waals surface area contributed by atoms with E-state index < -0.39 is 91.3 Å². The number of nitrogens with one attached hydrogen (secondary N) is 5. The Bertz CT molecular complexity index is 6610. The number of aliphatic hydroxyl groups is 1. The number of ketones is 6. The number of benzene rings is 6. The van der Waals surface area contributed by atoms with Crippen LogP contribution in [0.15, 0.2) is 155 Å². The number of aromatic amines is 1. The van der Waals surface area contributed by atoms with Crippen molar-refractivity contribution in [3.8, 4) is 11.5 Å². The number of rotatable bonds is 32. The third kappa shape index (κ3) is 29.3. The number of carboxylic acid groups (broad SMARTS) is 1. The average Bonchev–Trinajstić information content (AvgIpc) is 1.50. The van der Waals surface area contributed by atoms with Crippen molar-refractivity contribution in [3.63, 3.8) is 0 Å². The van der Waals surface area contributed by atoms with Gasteiger partial charge in [-0.3, -0.25) is 44.0 Å². The number of thiol groups is 1. The number of aromatic nitrogens is 6. The zero-order chi connectivity index (χ0) is 107. The molecule has 7 aliphatic rings. The number of carboxylic acids is 1. The minimum atomic E-state index is -4.79. The molecule has 1 unspecified atom stereocenters. The van der Waals surface area contributed by atoms with Gasteiger partial charge in [0.05, 0.1) is 75.9 Å². The maximum absolute atomic E-state index is 13.4. The summed E-state index contributed by atoms with van der Waals surface area (Å²) in [6.07, 6.45) is 4.51. The third-order valence-electron chi connectivity index (χ3n) is 24.2. The molecule has 147 heavy (non-hydrogen) atoms. The SMILES string of the molecule is C=[S-](=O)CCS.CC(=O)CC[C@@H](CC(=O)c1ccc(N(C)Cc2cnc3nc(N)nc(N)c3n2)cc1)C(=O)O.CCCNCCNc1ccc(NCCCCCO)c2c1C(=O)c1c(O)ccc(O)c1C2=O.CO[C@@]12[C@H](COC(N)=O)C3=C(C(=O)C(C)=C(N)C3=O)N1C[C@@H]1C[C@@H]12.C[N+](=O)c1ccc(N2C(=O)NC(C)(C)C2=O)cc1C(F)(F)F.Clc1ccc(C(c2ccccc2Cl)C(Cl)Cl)cc1.S=c1nc[nH]c2c1CC=N2.[Na+].[OH-]. The Kier molecular flexibility index (Phi) is 43.8. The Balaban J connectivity index is 0.000000217. The van der Waals surface area contributed by atoms with E-state index in [0.717, 1.165) is 86.0 Å². The molecule has 3 aromatic heterocycles. The summed E-state index contributed by atoms with van der Waals surface area (Å²) >= 11 is 33.1. The van der Waals surface area contributed by atoms with Crippen LogP contribution in [0.3, 0.4) is 0 Å². The number of phenols is 2. The van der Waals surface area contributed by atoms with E-state index in [4.69, 9.17) is 96.1 Å². The van der Waals surface area contributed by atoms with Crippen molar-refractivity contribution in [2.75, 3.05) is 111 Å². The van der Waals surface area contributed by atoms with Crippen molar-refractivity contribution in [3.05, 3.63) is 226 Å². The molecule has 3 fully saturated rings. The number of ether oxygens (including phenoxy) is 2. The number of aliphatic hydroxyl groups excluding tert-OH is 1. The van der Waals surface area contributed by atoms with Crippen molar-refractivity contribution < 1.29 is 135 Å². The molecule has 3 aliphatic carbocycles. The van der Waals surface area contributed by atoms with Crippen molar-refractivity contribution in [2.24, 2.45) is 40.1 Å². The van der Waals surface area contributed by atoms with Gasteiger partial charge in [0, 0.05) is 149 Å². The molecule has 2 saturated heterocycles. The number of aromatic hydroxyl groups is 2. The number of halogens is 7. The first-order valence-corrected chi connectivity index (χ1v) is 49.6. The number of imide groups is 1. The van der Waals surface area contributed by atoms with E-state index in [9.17, 15) is 85.6 Å². The molecule has 6 aromatic carbocycles. The first-order valence-electron chi connectivity index (χ1n) is 45.4. The second-order valence-electron chi connectivity index (χ2n) is 34.6. The van der Waals surface area contributed by atoms with E-state index in [1.165, 1.54) is 32.9 Å². The number of hydrogen-bond donors (Lipinski definition) is 14. The fourth-order valence-electron chi connectivity index (χ4n) is 16.9. The standard InChI is InChI=1S/C24H31N3O5.C22H25N7O4.C16H19N3O5.C14H10Cl4.C13H12F3N3O3.C6H5N3S.C3H7OS2.Na.H2O/c1-2-10-25-12-13-27-16-7-6-15(26-11-4-3-5-14-28)19-20(16)24(32)22-18(30)9-8-17(29)21(22)23(19)31;1-12(30)3-4-14(21(32)33)9-17(31)13-5-7-16(8-6-13)29(2)11-15-10-25-20-18(26-15)19(23)27-22(24)28-20;1-6-11(17)14(21)10-9(5-24-15(18)22)16(23-2)8-3-7(8)4-19(16)12(10)13(6)20;15-10-7-5-9(6-8-10)13(14(17)18)11-3-1-2-4-12(11)16;1-12(2)10(20)19(11(21)17-12)7-4-5-9(18(3)22)8(6-7)13(14,15)16;10-6-4-1-2-7-5(4)8-3-9-6;1-6(4)3-2-5;;/h6-9,25-30H,2-5,10-14H2,1H3;5-8,10,14H,3-4,9,11H2,1-2H3,(H,32,33)(H4,23,24,25,27,28);7-9H,3-5,17H2,1-2H3,(H2,18,22);1-8,13-14H;4-6H,1-3H3;2-3H,1H2,(H,8,9,10);5H,1-3H2;;1H2/q;;;;;;-1;+1;/t;14-;7-,8-,9+,16-;;;;;;/m.00....../s1. The summed E-state index contributed by atoms with van der Waals surface area (Å²) in [4.78, 5) is 165. The van der Waals surface area contributed by atoms with Gasteiger partial charge in [0.15, 0.2) is 35.5 Å². The molecule has 49 heteroatoms. The Morgan fingerprint density at radius 1 is 0.844 bits per heavy atom. The number of amides is 4. The van der Waals surface area contributed by atoms with Gasteiger partial charge in [-0.05, 0) is 174 Å². The van der Waals surface area contributed by atoms with E-state index >= 15 is 0 Å². The van der Waals surface area contributed by atoms with E-state index in [2.05, 4.69) is 81.6 Å². The summed E-state index contributed by atoms with van der Waals surface area (Å²) in [6, 6.07) is 29.6. The van der Waals surface area contributed by atoms with Gasteiger partial charge in [-0.15, -0.1) is 23.2 Å². The number of nitrogens with two attached hydrogens (primary N) is 4. The second kappa shape index (κ2) is 53.6. The summed E-state index contributed by atoms with van der Waals surface area (Å²) < 4.78 is 60.8. The fraction of sp³-hybridized carbons (Fsp3) is 0.367.